The molecule has 1 N–H and O–H groups in total. The fourth-order valence-corrected chi connectivity index (χ4v) is 5.03. The van der Waals surface area contributed by atoms with Gasteiger partial charge in [-0.3, -0.25) is 9.89 Å². The van der Waals surface area contributed by atoms with Gasteiger partial charge in [-0.1, -0.05) is 55.5 Å². The zero-order valence-electron chi connectivity index (χ0n) is 27.4. The van der Waals surface area contributed by atoms with E-state index in [1.807, 2.05) is 39.1 Å². The topological polar surface area (TPSA) is 87.8 Å². The number of nitrogens with zero attached hydrogens (tertiary/aromatic N) is 3. The number of hydrogen-bond donors (Lipinski definition) is 1. The summed E-state index contributed by atoms with van der Waals surface area (Å²) in [6.45, 7) is 10.6. The molecule has 2 amide bonds. The minimum absolute atomic E-state index is 0.151. The minimum atomic E-state index is -0.641. The van der Waals surface area contributed by atoms with Crippen molar-refractivity contribution in [2.45, 2.75) is 46.6 Å². The number of rotatable bonds is 11. The molecule has 0 unspecified atom stereocenters. The second-order valence-electron chi connectivity index (χ2n) is 12.1. The summed E-state index contributed by atoms with van der Waals surface area (Å²) in [5.74, 6) is 0.544. The average Bonchev–Trinajstić information content (AvgIpc) is 3.47. The van der Waals surface area contributed by atoms with Gasteiger partial charge in [-0.25, -0.2) is 4.79 Å². The van der Waals surface area contributed by atoms with Crippen molar-refractivity contribution in [3.8, 4) is 5.75 Å². The largest absolute Gasteiger partial charge is 0.492 e. The van der Waals surface area contributed by atoms with Gasteiger partial charge in [0.05, 0.1) is 18.3 Å². The predicted octanol–water partition coefficient (Wildman–Crippen LogP) is 7.50. The summed E-state index contributed by atoms with van der Waals surface area (Å²) in [6, 6.07) is 23.0. The van der Waals surface area contributed by atoms with E-state index in [0.717, 1.165) is 34.0 Å². The molecule has 0 spiro atoms. The van der Waals surface area contributed by atoms with Crippen LogP contribution in [0.4, 0.5) is 4.79 Å². The zero-order valence-corrected chi connectivity index (χ0v) is 27.4. The van der Waals surface area contributed by atoms with Crippen molar-refractivity contribution in [2.75, 3.05) is 33.8 Å². The lowest BCUT2D eigenvalue weighted by Crippen LogP contribution is -2.39. The van der Waals surface area contributed by atoms with Gasteiger partial charge in [0.15, 0.2) is 0 Å². The van der Waals surface area contributed by atoms with Crippen molar-refractivity contribution < 1.29 is 19.1 Å². The SMILES string of the molecule is CC/C(=C(/c1ccc(OCCN(C/C=C/C(=O)N(C)C)C(=O)OC(C)(C)C)cc1)c1ccc2[nH]ncc2c1)c1ccccc1C. The lowest BCUT2D eigenvalue weighted by molar-refractivity contribution is -0.123. The molecule has 0 aliphatic carbocycles. The van der Waals surface area contributed by atoms with Crippen molar-refractivity contribution in [1.82, 2.24) is 20.0 Å². The first kappa shape index (κ1) is 33.1. The molecule has 0 fully saturated rings. The van der Waals surface area contributed by atoms with E-state index < -0.39 is 11.7 Å². The number of aromatic nitrogens is 2. The molecule has 8 nitrogen and oxygen atoms in total. The van der Waals surface area contributed by atoms with Crippen LogP contribution >= 0.6 is 0 Å². The number of likely N-dealkylation sites (N-methyl/N-ethyl adjacent to an activating group) is 1. The van der Waals surface area contributed by atoms with Crippen LogP contribution in [0.2, 0.25) is 0 Å². The molecule has 4 aromatic rings. The van der Waals surface area contributed by atoms with Crippen LogP contribution in [0, 0.1) is 6.92 Å². The Hall–Kier alpha value is -4.85. The molecule has 0 saturated heterocycles. The average molecular weight is 609 g/mol. The van der Waals surface area contributed by atoms with E-state index >= 15 is 0 Å². The van der Waals surface area contributed by atoms with E-state index in [2.05, 4.69) is 78.6 Å². The molecular formula is C37H44N4O4. The third kappa shape index (κ3) is 8.85. The van der Waals surface area contributed by atoms with Crippen molar-refractivity contribution in [3.05, 3.63) is 107 Å². The van der Waals surface area contributed by atoms with Gasteiger partial charge in [0.25, 0.3) is 0 Å². The number of aromatic amines is 1. The molecule has 8 heteroatoms. The Balaban J connectivity index is 1.57. The van der Waals surface area contributed by atoms with Gasteiger partial charge in [0.1, 0.15) is 18.0 Å². The van der Waals surface area contributed by atoms with Gasteiger partial charge in [-0.2, -0.15) is 5.10 Å². The molecule has 0 atom stereocenters. The van der Waals surface area contributed by atoms with Crippen LogP contribution in [-0.2, 0) is 9.53 Å². The molecule has 0 aliphatic heterocycles. The van der Waals surface area contributed by atoms with Crippen molar-refractivity contribution in [3.63, 3.8) is 0 Å². The van der Waals surface area contributed by atoms with Crippen LogP contribution in [0.15, 0.2) is 85.1 Å². The Bertz CT molecular complexity index is 1680. The summed E-state index contributed by atoms with van der Waals surface area (Å²) < 4.78 is 11.7. The molecule has 0 aliphatic rings. The van der Waals surface area contributed by atoms with Crippen LogP contribution in [0.25, 0.3) is 22.0 Å². The molecule has 0 saturated carbocycles. The fraction of sp³-hybridized carbons (Fsp3) is 0.324. The first-order chi connectivity index (χ1) is 21.5. The number of allylic oxidation sites excluding steroid dienone is 1. The van der Waals surface area contributed by atoms with Crippen LogP contribution in [0.5, 0.6) is 5.75 Å². The highest BCUT2D eigenvalue weighted by Gasteiger charge is 2.22. The summed E-state index contributed by atoms with van der Waals surface area (Å²) in [5, 5.41) is 8.32. The number of benzene rings is 3. The maximum absolute atomic E-state index is 12.9. The first-order valence-corrected chi connectivity index (χ1v) is 15.3. The van der Waals surface area contributed by atoms with E-state index in [-0.39, 0.29) is 19.1 Å². The lowest BCUT2D eigenvalue weighted by Gasteiger charge is -2.26. The van der Waals surface area contributed by atoms with E-state index in [9.17, 15) is 9.59 Å². The van der Waals surface area contributed by atoms with Crippen LogP contribution < -0.4 is 4.74 Å². The molecule has 0 bridgehead atoms. The number of fused-ring (bicyclic) bond motifs is 1. The molecule has 3 aromatic carbocycles. The maximum atomic E-state index is 12.9. The zero-order chi connectivity index (χ0) is 32.6. The monoisotopic (exact) mass is 608 g/mol. The highest BCUT2D eigenvalue weighted by molar-refractivity contribution is 6.00. The summed E-state index contributed by atoms with van der Waals surface area (Å²) in [6.07, 6.45) is 5.36. The quantitative estimate of drug-likeness (QED) is 0.141. The highest BCUT2D eigenvalue weighted by Crippen LogP contribution is 2.37. The number of aryl methyl sites for hydroxylation is 1. The Labute approximate surface area is 266 Å². The van der Waals surface area contributed by atoms with E-state index in [0.29, 0.717) is 12.3 Å². The number of H-pyrrole nitrogens is 1. The molecular weight excluding hydrogens is 564 g/mol. The van der Waals surface area contributed by atoms with Crippen LogP contribution in [0.3, 0.4) is 0 Å². The minimum Gasteiger partial charge on any atom is -0.492 e. The molecule has 1 aromatic heterocycles. The molecule has 45 heavy (non-hydrogen) atoms. The number of amides is 2. The van der Waals surface area contributed by atoms with Crippen molar-refractivity contribution in [1.29, 1.82) is 0 Å². The normalized spacial score (nSPS) is 12.2. The maximum Gasteiger partial charge on any atom is 0.410 e. The second-order valence-corrected chi connectivity index (χ2v) is 12.1. The summed E-state index contributed by atoms with van der Waals surface area (Å²) in [7, 11) is 3.36. The van der Waals surface area contributed by atoms with Gasteiger partial charge >= 0.3 is 6.09 Å². The third-order valence-electron chi connectivity index (χ3n) is 7.31. The van der Waals surface area contributed by atoms with Crippen LogP contribution in [-0.4, -0.2) is 71.4 Å². The number of carbonyl (C=O) groups excluding carboxylic acids is 2. The summed E-state index contributed by atoms with van der Waals surface area (Å²) in [4.78, 5) is 27.8. The number of hydrogen-bond acceptors (Lipinski definition) is 5. The van der Waals surface area contributed by atoms with E-state index in [1.165, 1.54) is 32.6 Å². The second kappa shape index (κ2) is 14.8. The van der Waals surface area contributed by atoms with E-state index in [4.69, 9.17) is 9.47 Å². The molecule has 1 heterocycles. The van der Waals surface area contributed by atoms with Gasteiger partial charge in [0, 0.05) is 32.1 Å². The van der Waals surface area contributed by atoms with Crippen molar-refractivity contribution in [2.24, 2.45) is 0 Å². The molecule has 4 rings (SSSR count). The smallest absolute Gasteiger partial charge is 0.410 e. The lowest BCUT2D eigenvalue weighted by atomic mass is 9.86. The predicted molar refractivity (Wildman–Crippen MR) is 181 cm³/mol. The molecule has 236 valence electrons. The van der Waals surface area contributed by atoms with Crippen LogP contribution in [0.1, 0.15) is 56.4 Å². The summed E-state index contributed by atoms with van der Waals surface area (Å²) in [5.41, 5.74) is 7.43. The van der Waals surface area contributed by atoms with Gasteiger partial charge in [-0.05, 0) is 91.8 Å². The third-order valence-corrected chi connectivity index (χ3v) is 7.31. The highest BCUT2D eigenvalue weighted by atomic mass is 16.6. The standard InChI is InChI=1S/C37H44N4O4/c1-8-31(32-13-10-9-12-26(32)2)35(28-17-20-33-29(24-28)25-38-39-33)27-15-18-30(19-16-27)44-23-22-41(36(43)45-37(3,4)5)21-11-14-34(42)40(6)7/h9-20,24-25H,8,21-23H2,1-7H3,(H,38,39)/b14-11+,35-31+. The number of ether oxygens (including phenoxy) is 2. The van der Waals surface area contributed by atoms with Crippen molar-refractivity contribution >= 4 is 34.0 Å². The Morgan fingerprint density at radius 3 is 2.36 bits per heavy atom. The Morgan fingerprint density at radius 2 is 1.69 bits per heavy atom. The number of nitrogens with one attached hydrogen (secondary N) is 1. The molecule has 0 radical (unpaired) electrons. The Morgan fingerprint density at radius 1 is 0.978 bits per heavy atom. The fourth-order valence-electron chi connectivity index (χ4n) is 5.03. The Kier molecular flexibility index (Phi) is 10.8. The number of carbonyl (C=O) groups is 2. The van der Waals surface area contributed by atoms with E-state index in [1.54, 1.807) is 20.2 Å². The van der Waals surface area contributed by atoms with Gasteiger partial charge in [-0.15, -0.1) is 0 Å². The first-order valence-electron chi connectivity index (χ1n) is 15.3. The summed E-state index contributed by atoms with van der Waals surface area (Å²) >= 11 is 0. The van der Waals surface area contributed by atoms with Gasteiger partial charge < -0.3 is 19.3 Å². The van der Waals surface area contributed by atoms with Gasteiger partial charge in [0.2, 0.25) is 5.91 Å².